The number of carbonyl (C=O) groups excluding carboxylic acids is 1. The molecular formula is C25H26N4O3S. The summed E-state index contributed by atoms with van der Waals surface area (Å²) in [6.07, 6.45) is 0. The molecule has 2 N–H and O–H groups in total. The fourth-order valence-electron chi connectivity index (χ4n) is 3.61. The number of aryl methyl sites for hydroxylation is 1. The van der Waals surface area contributed by atoms with Crippen molar-refractivity contribution in [3.8, 4) is 5.88 Å². The number of nitrogens with one attached hydrogen (secondary N) is 2. The summed E-state index contributed by atoms with van der Waals surface area (Å²) in [6, 6.07) is 18.1. The number of methoxy groups -OCH3 is 2. The number of aromatic nitrogens is 2. The quantitative estimate of drug-likeness (QED) is 0.356. The highest BCUT2D eigenvalue weighted by molar-refractivity contribution is 7.20. The Hall–Kier alpha value is -3.49. The first-order valence-corrected chi connectivity index (χ1v) is 11.4. The Morgan fingerprint density at radius 3 is 2.39 bits per heavy atom. The summed E-state index contributed by atoms with van der Waals surface area (Å²) in [6.45, 7) is 4.27. The van der Waals surface area contributed by atoms with Gasteiger partial charge < -0.3 is 20.1 Å². The molecule has 0 aliphatic rings. The topological polar surface area (TPSA) is 85.4 Å². The highest BCUT2D eigenvalue weighted by Gasteiger charge is 2.21. The molecule has 4 aromatic rings. The van der Waals surface area contributed by atoms with Crippen LogP contribution in [0.15, 0.2) is 54.6 Å². The molecule has 7 nitrogen and oxygen atoms in total. The van der Waals surface area contributed by atoms with Gasteiger partial charge in [0.05, 0.1) is 17.4 Å². The number of thiophene rings is 1. The Bertz CT molecular complexity index is 1260. The molecular weight excluding hydrogens is 436 g/mol. The number of anilines is 2. The standard InChI is InChI=1S/C25H26N4O3S/c1-15-21-24(32-4)28-20(14-31-3)29-25(21)33-22(15)23(30)27-19-12-10-18(11-13-19)26-16(2)17-8-6-5-7-9-17/h5-13,16,26H,14H2,1-4H3,(H,27,30). The summed E-state index contributed by atoms with van der Waals surface area (Å²) in [5.74, 6) is 0.773. The molecule has 1 atom stereocenters. The minimum Gasteiger partial charge on any atom is -0.480 e. The lowest BCUT2D eigenvalue weighted by Gasteiger charge is -2.16. The highest BCUT2D eigenvalue weighted by Crippen LogP contribution is 2.35. The Morgan fingerprint density at radius 1 is 1.03 bits per heavy atom. The third kappa shape index (κ3) is 4.97. The summed E-state index contributed by atoms with van der Waals surface area (Å²) >= 11 is 1.32. The van der Waals surface area contributed by atoms with Crippen molar-refractivity contribution in [2.24, 2.45) is 0 Å². The second kappa shape index (κ2) is 9.97. The molecule has 0 radical (unpaired) electrons. The number of nitrogens with zero attached hydrogens (tertiary/aromatic N) is 2. The van der Waals surface area contributed by atoms with E-state index in [2.05, 4.69) is 39.7 Å². The van der Waals surface area contributed by atoms with E-state index < -0.39 is 0 Å². The van der Waals surface area contributed by atoms with Gasteiger partial charge in [0, 0.05) is 24.5 Å². The minimum atomic E-state index is -0.191. The Balaban J connectivity index is 1.50. The zero-order valence-corrected chi connectivity index (χ0v) is 19.8. The van der Waals surface area contributed by atoms with Crippen molar-refractivity contribution in [3.63, 3.8) is 0 Å². The third-order valence-corrected chi connectivity index (χ3v) is 6.49. The maximum absolute atomic E-state index is 13.0. The van der Waals surface area contributed by atoms with Crippen LogP contribution in [0.25, 0.3) is 10.2 Å². The first-order chi connectivity index (χ1) is 16.0. The summed E-state index contributed by atoms with van der Waals surface area (Å²) in [5, 5.41) is 7.21. The average molecular weight is 463 g/mol. The number of fused-ring (bicyclic) bond motifs is 1. The number of rotatable bonds is 8. The molecule has 0 saturated carbocycles. The molecule has 33 heavy (non-hydrogen) atoms. The lowest BCUT2D eigenvalue weighted by molar-refractivity contribution is 0.103. The van der Waals surface area contributed by atoms with E-state index in [-0.39, 0.29) is 18.6 Å². The monoisotopic (exact) mass is 462 g/mol. The fourth-order valence-corrected chi connectivity index (χ4v) is 4.70. The Morgan fingerprint density at radius 2 is 1.73 bits per heavy atom. The molecule has 0 aliphatic heterocycles. The van der Waals surface area contributed by atoms with Gasteiger partial charge in [-0.2, -0.15) is 4.98 Å². The van der Waals surface area contributed by atoms with Gasteiger partial charge in [-0.25, -0.2) is 4.98 Å². The van der Waals surface area contributed by atoms with Crippen molar-refractivity contribution in [1.82, 2.24) is 9.97 Å². The van der Waals surface area contributed by atoms with Crippen molar-refractivity contribution in [2.45, 2.75) is 26.5 Å². The van der Waals surface area contributed by atoms with Gasteiger partial charge in [0.25, 0.3) is 5.91 Å². The highest BCUT2D eigenvalue weighted by atomic mass is 32.1. The van der Waals surface area contributed by atoms with E-state index >= 15 is 0 Å². The Labute approximate surface area is 196 Å². The maximum atomic E-state index is 13.0. The van der Waals surface area contributed by atoms with E-state index in [9.17, 15) is 4.79 Å². The molecule has 0 spiro atoms. The Kier molecular flexibility index (Phi) is 6.86. The van der Waals surface area contributed by atoms with Gasteiger partial charge in [0.15, 0.2) is 5.82 Å². The largest absolute Gasteiger partial charge is 0.480 e. The van der Waals surface area contributed by atoms with Crippen LogP contribution >= 0.6 is 11.3 Å². The van der Waals surface area contributed by atoms with Crippen molar-refractivity contribution in [3.05, 3.63) is 76.4 Å². The molecule has 1 unspecified atom stereocenters. The van der Waals surface area contributed by atoms with Crippen molar-refractivity contribution in [1.29, 1.82) is 0 Å². The molecule has 8 heteroatoms. The van der Waals surface area contributed by atoms with E-state index in [0.717, 1.165) is 16.6 Å². The number of hydrogen-bond donors (Lipinski definition) is 2. The summed E-state index contributed by atoms with van der Waals surface area (Å²) in [7, 11) is 3.14. The minimum absolute atomic E-state index is 0.173. The number of hydrogen-bond acceptors (Lipinski definition) is 7. The van der Waals surface area contributed by atoms with E-state index in [4.69, 9.17) is 9.47 Å². The van der Waals surface area contributed by atoms with E-state index in [1.807, 2.05) is 49.4 Å². The van der Waals surface area contributed by atoms with Gasteiger partial charge in [-0.3, -0.25) is 4.79 Å². The molecule has 0 bridgehead atoms. The van der Waals surface area contributed by atoms with Crippen LogP contribution in [0.3, 0.4) is 0 Å². The summed E-state index contributed by atoms with van der Waals surface area (Å²) in [5.41, 5.74) is 3.70. The van der Waals surface area contributed by atoms with E-state index in [1.54, 1.807) is 14.2 Å². The molecule has 170 valence electrons. The molecule has 1 amide bonds. The smallest absolute Gasteiger partial charge is 0.266 e. The second-order valence-electron chi connectivity index (χ2n) is 7.63. The molecule has 0 aliphatic carbocycles. The van der Waals surface area contributed by atoms with Gasteiger partial charge in [-0.15, -0.1) is 11.3 Å². The van der Waals surface area contributed by atoms with Gasteiger partial charge in [-0.05, 0) is 49.2 Å². The lowest BCUT2D eigenvalue weighted by Crippen LogP contribution is -2.11. The molecule has 4 rings (SSSR count). The van der Waals surface area contributed by atoms with Gasteiger partial charge in [-0.1, -0.05) is 30.3 Å². The first kappa shape index (κ1) is 22.7. The predicted octanol–water partition coefficient (Wildman–Crippen LogP) is 5.58. The van der Waals surface area contributed by atoms with Crippen molar-refractivity contribution in [2.75, 3.05) is 24.9 Å². The zero-order chi connectivity index (χ0) is 23.4. The maximum Gasteiger partial charge on any atom is 0.266 e. The third-order valence-electron chi connectivity index (χ3n) is 5.30. The van der Waals surface area contributed by atoms with Gasteiger partial charge >= 0.3 is 0 Å². The van der Waals surface area contributed by atoms with Crippen LogP contribution in [0.1, 0.15) is 39.6 Å². The number of benzene rings is 2. The SMILES string of the molecule is COCc1nc(OC)c2c(C)c(C(=O)Nc3ccc(NC(C)c4ccccc4)cc3)sc2n1. The van der Waals surface area contributed by atoms with Crippen LogP contribution < -0.4 is 15.4 Å². The van der Waals surface area contributed by atoms with E-state index in [0.29, 0.717) is 27.1 Å². The average Bonchev–Trinajstić information content (AvgIpc) is 3.17. The van der Waals surface area contributed by atoms with Crippen LogP contribution in [-0.2, 0) is 11.3 Å². The number of ether oxygens (including phenoxy) is 2. The van der Waals surface area contributed by atoms with Crippen LogP contribution in [-0.4, -0.2) is 30.1 Å². The molecule has 0 fully saturated rings. The van der Waals surface area contributed by atoms with Crippen LogP contribution in [0, 0.1) is 6.92 Å². The van der Waals surface area contributed by atoms with E-state index in [1.165, 1.54) is 16.9 Å². The van der Waals surface area contributed by atoms with Gasteiger partial charge in [0.2, 0.25) is 5.88 Å². The first-order valence-electron chi connectivity index (χ1n) is 10.6. The summed E-state index contributed by atoms with van der Waals surface area (Å²) < 4.78 is 10.6. The van der Waals surface area contributed by atoms with Crippen molar-refractivity contribution < 1.29 is 14.3 Å². The zero-order valence-electron chi connectivity index (χ0n) is 19.0. The van der Waals surface area contributed by atoms with Crippen LogP contribution in [0.5, 0.6) is 5.88 Å². The predicted molar refractivity (Wildman–Crippen MR) is 132 cm³/mol. The second-order valence-corrected chi connectivity index (χ2v) is 8.63. The molecule has 2 aromatic carbocycles. The fraction of sp³-hybridized carbons (Fsp3) is 0.240. The van der Waals surface area contributed by atoms with Crippen LogP contribution in [0.4, 0.5) is 11.4 Å². The van der Waals surface area contributed by atoms with Crippen LogP contribution in [0.2, 0.25) is 0 Å². The lowest BCUT2D eigenvalue weighted by atomic mass is 10.1. The molecule has 0 saturated heterocycles. The molecule has 2 heterocycles. The number of carbonyl (C=O) groups is 1. The summed E-state index contributed by atoms with van der Waals surface area (Å²) in [4.78, 5) is 23.2. The van der Waals surface area contributed by atoms with Gasteiger partial charge in [0.1, 0.15) is 11.4 Å². The van der Waals surface area contributed by atoms with Crippen molar-refractivity contribution >= 4 is 38.8 Å². The normalized spacial score (nSPS) is 11.9. The molecule has 2 aromatic heterocycles. The number of amides is 1.